The molecule has 0 saturated heterocycles. The average Bonchev–Trinajstić information content (AvgIpc) is 2.83. The van der Waals surface area contributed by atoms with Gasteiger partial charge in [-0.3, -0.25) is 4.79 Å². The van der Waals surface area contributed by atoms with E-state index in [9.17, 15) is 14.0 Å². The number of Topliss-reactive ketones (excluding diaryl/α,β-unsaturated/α-hetero) is 1. The van der Waals surface area contributed by atoms with Crippen molar-refractivity contribution in [3.05, 3.63) is 106 Å². The third kappa shape index (κ3) is 5.05. The SMILES string of the molecule is COc1cc([C@H]2NC(=O)NC(C)=C2C(=O)c2ccc(Cl)cc2)ccc1OCc1ccc(F)cc1. The van der Waals surface area contributed by atoms with E-state index in [1.165, 1.54) is 19.2 Å². The first-order valence-electron chi connectivity index (χ1n) is 10.5. The van der Waals surface area contributed by atoms with Crippen molar-refractivity contribution in [1.29, 1.82) is 0 Å². The number of benzene rings is 3. The molecule has 0 bridgehead atoms. The number of carbonyl (C=O) groups is 2. The molecule has 3 aromatic rings. The standard InChI is InChI=1S/C26H22ClFN2O4/c1-15-23(25(31)17-5-8-19(27)9-6-17)24(30-26(32)29-15)18-7-12-21(22(13-18)33-2)34-14-16-3-10-20(28)11-4-16/h3-13,24H,14H2,1-2H3,(H2,29,30,32)/t24-/m1/s1. The maximum absolute atomic E-state index is 13.3. The third-order valence-corrected chi connectivity index (χ3v) is 5.70. The normalized spacial score (nSPS) is 15.4. The van der Waals surface area contributed by atoms with Crippen molar-refractivity contribution in [2.24, 2.45) is 0 Å². The van der Waals surface area contributed by atoms with Gasteiger partial charge in [0.15, 0.2) is 17.3 Å². The fourth-order valence-corrected chi connectivity index (χ4v) is 3.85. The first-order chi connectivity index (χ1) is 16.4. The number of allylic oxidation sites excluding steroid dienone is 1. The van der Waals surface area contributed by atoms with Crippen LogP contribution >= 0.6 is 11.6 Å². The smallest absolute Gasteiger partial charge is 0.319 e. The summed E-state index contributed by atoms with van der Waals surface area (Å²) in [7, 11) is 1.51. The molecule has 6 nitrogen and oxygen atoms in total. The number of carbonyl (C=O) groups excluding carboxylic acids is 2. The number of ketones is 1. The van der Waals surface area contributed by atoms with Gasteiger partial charge < -0.3 is 20.1 Å². The lowest BCUT2D eigenvalue weighted by molar-refractivity contribution is 0.102. The van der Waals surface area contributed by atoms with E-state index >= 15 is 0 Å². The Balaban J connectivity index is 1.63. The minimum absolute atomic E-state index is 0.222. The molecular weight excluding hydrogens is 459 g/mol. The molecule has 0 radical (unpaired) electrons. The van der Waals surface area contributed by atoms with Gasteiger partial charge in [-0.25, -0.2) is 9.18 Å². The summed E-state index contributed by atoms with van der Waals surface area (Å²) in [5, 5.41) is 6.02. The summed E-state index contributed by atoms with van der Waals surface area (Å²) in [6.07, 6.45) is 0. The second-order valence-electron chi connectivity index (χ2n) is 7.73. The van der Waals surface area contributed by atoms with Gasteiger partial charge in [0, 0.05) is 21.9 Å². The van der Waals surface area contributed by atoms with Gasteiger partial charge >= 0.3 is 6.03 Å². The number of urea groups is 1. The van der Waals surface area contributed by atoms with Crippen molar-refractivity contribution in [3.8, 4) is 11.5 Å². The number of rotatable bonds is 7. The molecule has 1 aliphatic heterocycles. The lowest BCUT2D eigenvalue weighted by Crippen LogP contribution is -2.45. The second-order valence-corrected chi connectivity index (χ2v) is 8.17. The van der Waals surface area contributed by atoms with Gasteiger partial charge in [-0.2, -0.15) is 0 Å². The molecule has 0 aromatic heterocycles. The Kier molecular flexibility index (Phi) is 6.84. The van der Waals surface area contributed by atoms with E-state index in [4.69, 9.17) is 21.1 Å². The Morgan fingerprint density at radius 1 is 1.03 bits per heavy atom. The van der Waals surface area contributed by atoms with Crippen molar-refractivity contribution >= 4 is 23.4 Å². The van der Waals surface area contributed by atoms with Crippen molar-refractivity contribution in [3.63, 3.8) is 0 Å². The number of hydrogen-bond acceptors (Lipinski definition) is 4. The predicted octanol–water partition coefficient (Wildman–Crippen LogP) is 5.58. The van der Waals surface area contributed by atoms with E-state index in [1.54, 1.807) is 61.5 Å². The molecule has 2 N–H and O–H groups in total. The highest BCUT2D eigenvalue weighted by atomic mass is 35.5. The summed E-state index contributed by atoms with van der Waals surface area (Å²) in [5.74, 6) is 0.356. The van der Waals surface area contributed by atoms with Crippen LogP contribution in [-0.2, 0) is 6.61 Å². The Bertz CT molecular complexity index is 1260. The van der Waals surface area contributed by atoms with Crippen molar-refractivity contribution in [2.45, 2.75) is 19.6 Å². The molecule has 174 valence electrons. The second kappa shape index (κ2) is 9.97. The first kappa shape index (κ1) is 23.3. The van der Waals surface area contributed by atoms with Crippen molar-refractivity contribution < 1.29 is 23.5 Å². The Hall–Kier alpha value is -3.84. The Morgan fingerprint density at radius 2 is 1.74 bits per heavy atom. The molecule has 34 heavy (non-hydrogen) atoms. The monoisotopic (exact) mass is 480 g/mol. The van der Waals surface area contributed by atoms with E-state index in [0.717, 1.165) is 5.56 Å². The minimum atomic E-state index is -0.697. The van der Waals surface area contributed by atoms with Crippen LogP contribution in [0.1, 0.15) is 34.5 Å². The number of nitrogens with one attached hydrogen (secondary N) is 2. The van der Waals surface area contributed by atoms with Crippen molar-refractivity contribution in [1.82, 2.24) is 10.6 Å². The van der Waals surface area contributed by atoms with Gasteiger partial charge in [-0.05, 0) is 66.6 Å². The first-order valence-corrected chi connectivity index (χ1v) is 10.9. The Morgan fingerprint density at radius 3 is 2.41 bits per heavy atom. The zero-order valence-corrected chi connectivity index (χ0v) is 19.3. The van der Waals surface area contributed by atoms with Crippen LogP contribution < -0.4 is 20.1 Å². The largest absolute Gasteiger partial charge is 0.493 e. The molecule has 0 saturated carbocycles. The van der Waals surface area contributed by atoms with E-state index in [-0.39, 0.29) is 18.2 Å². The van der Waals surface area contributed by atoms with Crippen molar-refractivity contribution in [2.75, 3.05) is 7.11 Å². The van der Waals surface area contributed by atoms with Crippen LogP contribution in [0, 0.1) is 5.82 Å². The van der Waals surface area contributed by atoms with E-state index in [1.807, 2.05) is 0 Å². The molecule has 1 atom stereocenters. The van der Waals surface area contributed by atoms with E-state index < -0.39 is 12.1 Å². The summed E-state index contributed by atoms with van der Waals surface area (Å²) in [4.78, 5) is 25.6. The predicted molar refractivity (Wildman–Crippen MR) is 127 cm³/mol. The topological polar surface area (TPSA) is 76.7 Å². The Labute approximate surface area is 201 Å². The third-order valence-electron chi connectivity index (χ3n) is 5.45. The molecular formula is C26H22ClFN2O4. The van der Waals surface area contributed by atoms with E-state index in [2.05, 4.69) is 10.6 Å². The maximum Gasteiger partial charge on any atom is 0.319 e. The number of methoxy groups -OCH3 is 1. The average molecular weight is 481 g/mol. The van der Waals surface area contributed by atoms with Gasteiger partial charge in [0.2, 0.25) is 0 Å². The van der Waals surface area contributed by atoms with Crippen LogP contribution in [0.3, 0.4) is 0 Å². The minimum Gasteiger partial charge on any atom is -0.493 e. The molecule has 0 spiro atoms. The fraction of sp³-hybridized carbons (Fsp3) is 0.154. The van der Waals surface area contributed by atoms with Gasteiger partial charge in [-0.1, -0.05) is 29.8 Å². The molecule has 1 aliphatic rings. The summed E-state index contributed by atoms with van der Waals surface area (Å²) in [6, 6.07) is 16.7. The lowest BCUT2D eigenvalue weighted by Gasteiger charge is -2.29. The molecule has 8 heteroatoms. The highest BCUT2D eigenvalue weighted by Gasteiger charge is 2.32. The van der Waals surface area contributed by atoms with Crippen LogP contribution in [0.25, 0.3) is 0 Å². The lowest BCUT2D eigenvalue weighted by atomic mass is 9.89. The maximum atomic E-state index is 13.3. The summed E-state index contributed by atoms with van der Waals surface area (Å²) < 4.78 is 24.5. The van der Waals surface area contributed by atoms with Crippen LogP contribution in [-0.4, -0.2) is 18.9 Å². The fourth-order valence-electron chi connectivity index (χ4n) is 3.73. The van der Waals surface area contributed by atoms with Gasteiger partial charge in [0.25, 0.3) is 0 Å². The quantitative estimate of drug-likeness (QED) is 0.433. The number of ether oxygens (including phenoxy) is 2. The summed E-state index contributed by atoms with van der Waals surface area (Å²) >= 11 is 5.96. The summed E-state index contributed by atoms with van der Waals surface area (Å²) in [6.45, 7) is 1.91. The molecule has 2 amide bonds. The molecule has 0 aliphatic carbocycles. The molecule has 0 fully saturated rings. The van der Waals surface area contributed by atoms with Gasteiger partial charge in [0.1, 0.15) is 12.4 Å². The van der Waals surface area contributed by atoms with E-state index in [0.29, 0.717) is 38.9 Å². The van der Waals surface area contributed by atoms with Crippen LogP contribution in [0.15, 0.2) is 78.0 Å². The number of amides is 2. The highest BCUT2D eigenvalue weighted by molar-refractivity contribution is 6.30. The zero-order valence-electron chi connectivity index (χ0n) is 18.5. The number of halogens is 2. The molecule has 3 aromatic carbocycles. The number of hydrogen-bond donors (Lipinski definition) is 2. The van der Waals surface area contributed by atoms with Crippen LogP contribution in [0.4, 0.5) is 9.18 Å². The van der Waals surface area contributed by atoms with Gasteiger partial charge in [-0.15, -0.1) is 0 Å². The van der Waals surface area contributed by atoms with Crippen LogP contribution in [0.5, 0.6) is 11.5 Å². The molecule has 0 unspecified atom stereocenters. The van der Waals surface area contributed by atoms with Crippen LogP contribution in [0.2, 0.25) is 5.02 Å². The highest BCUT2D eigenvalue weighted by Crippen LogP contribution is 2.35. The molecule has 4 rings (SSSR count). The molecule has 1 heterocycles. The van der Waals surface area contributed by atoms with Gasteiger partial charge in [0.05, 0.1) is 13.2 Å². The zero-order chi connectivity index (χ0) is 24.2. The summed E-state index contributed by atoms with van der Waals surface area (Å²) in [5.41, 5.74) is 2.77.